The van der Waals surface area contributed by atoms with E-state index in [1.807, 2.05) is 6.92 Å². The Hall–Kier alpha value is -1.06. The second kappa shape index (κ2) is 2.72. The Morgan fingerprint density at radius 3 is 2.31 bits per heavy atom. The van der Waals surface area contributed by atoms with E-state index in [0.29, 0.717) is 6.41 Å². The largest absolute Gasteiger partial charge is 0.479 e. The van der Waals surface area contributed by atoms with Crippen molar-refractivity contribution in [1.82, 2.24) is 4.90 Å². The van der Waals surface area contributed by atoms with Crippen LogP contribution < -0.4 is 0 Å². The van der Waals surface area contributed by atoms with Crippen molar-refractivity contribution in [3.63, 3.8) is 0 Å². The third kappa shape index (κ3) is 1.20. The lowest BCUT2D eigenvalue weighted by Crippen LogP contribution is -2.55. The molecule has 1 aliphatic rings. The maximum absolute atomic E-state index is 11.1. The fraction of sp³-hybridized carbons (Fsp3) is 0.778. The molecule has 0 aromatic heterocycles. The molecule has 0 spiro atoms. The van der Waals surface area contributed by atoms with Gasteiger partial charge < -0.3 is 10.0 Å². The molecule has 0 saturated heterocycles. The standard InChI is InChI=1S/C9H15NO3/c1-8(4-5-8)9(2,7(12)13)10(3)6-11/h6H,4-5H2,1-3H3,(H,12,13). The fourth-order valence-corrected chi connectivity index (χ4v) is 1.61. The van der Waals surface area contributed by atoms with Gasteiger partial charge in [-0.3, -0.25) is 4.79 Å². The first kappa shape index (κ1) is 10.0. The van der Waals surface area contributed by atoms with Gasteiger partial charge >= 0.3 is 5.97 Å². The van der Waals surface area contributed by atoms with E-state index in [9.17, 15) is 9.59 Å². The fourth-order valence-electron chi connectivity index (χ4n) is 1.61. The summed E-state index contributed by atoms with van der Waals surface area (Å²) in [6.07, 6.45) is 2.32. The van der Waals surface area contributed by atoms with Crippen molar-refractivity contribution in [3.8, 4) is 0 Å². The van der Waals surface area contributed by atoms with Crippen molar-refractivity contribution in [3.05, 3.63) is 0 Å². The molecule has 4 heteroatoms. The molecule has 1 rings (SSSR count). The van der Waals surface area contributed by atoms with Crippen LogP contribution in [0.15, 0.2) is 0 Å². The van der Waals surface area contributed by atoms with Crippen LogP contribution in [0.2, 0.25) is 0 Å². The van der Waals surface area contributed by atoms with Gasteiger partial charge in [0.2, 0.25) is 6.41 Å². The summed E-state index contributed by atoms with van der Waals surface area (Å²) in [6.45, 7) is 3.51. The molecule has 1 N–H and O–H groups in total. The van der Waals surface area contributed by atoms with Gasteiger partial charge in [0.15, 0.2) is 0 Å². The summed E-state index contributed by atoms with van der Waals surface area (Å²) >= 11 is 0. The third-order valence-corrected chi connectivity index (χ3v) is 3.46. The summed E-state index contributed by atoms with van der Waals surface area (Å²) in [7, 11) is 1.52. The second-order valence-electron chi connectivity index (χ2n) is 4.15. The number of likely N-dealkylation sites (N-methyl/N-ethyl adjacent to an activating group) is 1. The molecule has 74 valence electrons. The monoisotopic (exact) mass is 185 g/mol. The smallest absolute Gasteiger partial charge is 0.329 e. The number of hydrogen-bond acceptors (Lipinski definition) is 2. The minimum Gasteiger partial charge on any atom is -0.479 e. The van der Waals surface area contributed by atoms with Crippen LogP contribution in [0.4, 0.5) is 0 Å². The molecule has 1 fully saturated rings. The molecule has 0 aliphatic heterocycles. The highest BCUT2D eigenvalue weighted by atomic mass is 16.4. The second-order valence-corrected chi connectivity index (χ2v) is 4.15. The summed E-state index contributed by atoms with van der Waals surface area (Å²) in [5.74, 6) is -0.929. The van der Waals surface area contributed by atoms with Crippen LogP contribution in [0.25, 0.3) is 0 Å². The zero-order valence-electron chi connectivity index (χ0n) is 8.20. The van der Waals surface area contributed by atoms with Gasteiger partial charge in [-0.05, 0) is 19.8 Å². The first-order valence-electron chi connectivity index (χ1n) is 4.30. The Morgan fingerprint density at radius 1 is 1.62 bits per heavy atom. The highest BCUT2D eigenvalue weighted by Crippen LogP contribution is 2.55. The minimum atomic E-state index is -1.06. The number of carboxylic acid groups (broad SMARTS) is 1. The molecule has 0 radical (unpaired) electrons. The number of carbonyl (C=O) groups excluding carboxylic acids is 1. The highest BCUT2D eigenvalue weighted by molar-refractivity contribution is 5.82. The number of carbonyl (C=O) groups is 2. The lowest BCUT2D eigenvalue weighted by atomic mass is 9.83. The number of nitrogens with zero attached hydrogens (tertiary/aromatic N) is 1. The van der Waals surface area contributed by atoms with Gasteiger partial charge in [-0.2, -0.15) is 0 Å². The van der Waals surface area contributed by atoms with E-state index in [1.54, 1.807) is 6.92 Å². The molecule has 13 heavy (non-hydrogen) atoms. The van der Waals surface area contributed by atoms with Gasteiger partial charge in [0.25, 0.3) is 0 Å². The van der Waals surface area contributed by atoms with Gasteiger partial charge in [0.1, 0.15) is 5.54 Å². The Bertz CT molecular complexity index is 247. The van der Waals surface area contributed by atoms with Crippen LogP contribution in [0, 0.1) is 5.41 Å². The molecule has 0 aromatic carbocycles. The lowest BCUT2D eigenvalue weighted by molar-refractivity contribution is -0.157. The molecule has 4 nitrogen and oxygen atoms in total. The quantitative estimate of drug-likeness (QED) is 0.656. The van der Waals surface area contributed by atoms with Crippen LogP contribution in [0.5, 0.6) is 0 Å². The summed E-state index contributed by atoms with van der Waals surface area (Å²) in [4.78, 5) is 23.0. The van der Waals surface area contributed by atoms with Crippen LogP contribution in [-0.2, 0) is 9.59 Å². The molecular formula is C9H15NO3. The van der Waals surface area contributed by atoms with E-state index in [1.165, 1.54) is 11.9 Å². The Labute approximate surface area is 77.5 Å². The molecule has 1 unspecified atom stereocenters. The SMILES string of the molecule is CN(C=O)C(C)(C(=O)O)C1(C)CC1. The average Bonchev–Trinajstić information content (AvgIpc) is 2.81. The molecule has 0 heterocycles. The lowest BCUT2D eigenvalue weighted by Gasteiger charge is -2.37. The molecule has 1 amide bonds. The zero-order valence-corrected chi connectivity index (χ0v) is 8.20. The molecule has 0 aromatic rings. The van der Waals surface area contributed by atoms with Crippen molar-refractivity contribution in [2.45, 2.75) is 32.2 Å². The molecule has 1 saturated carbocycles. The number of carboxylic acids is 1. The predicted octanol–water partition coefficient (Wildman–Crippen LogP) is 0.718. The number of aliphatic carboxylic acids is 1. The first-order valence-corrected chi connectivity index (χ1v) is 4.30. The van der Waals surface area contributed by atoms with E-state index in [4.69, 9.17) is 5.11 Å². The third-order valence-electron chi connectivity index (χ3n) is 3.46. The number of amides is 1. The first-order chi connectivity index (χ1) is 5.88. The van der Waals surface area contributed by atoms with Crippen LogP contribution in [0.3, 0.4) is 0 Å². The van der Waals surface area contributed by atoms with Gasteiger partial charge in [0.05, 0.1) is 0 Å². The maximum atomic E-state index is 11.1. The number of hydrogen-bond donors (Lipinski definition) is 1. The Kier molecular flexibility index (Phi) is 2.10. The van der Waals surface area contributed by atoms with Gasteiger partial charge in [-0.1, -0.05) is 6.92 Å². The van der Waals surface area contributed by atoms with Gasteiger partial charge in [-0.25, -0.2) is 4.79 Å². The normalized spacial score (nSPS) is 23.0. The summed E-state index contributed by atoms with van der Waals surface area (Å²) in [6, 6.07) is 0. The van der Waals surface area contributed by atoms with Crippen molar-refractivity contribution in [1.29, 1.82) is 0 Å². The summed E-state index contributed by atoms with van der Waals surface area (Å²) < 4.78 is 0. The minimum absolute atomic E-state index is 0.255. The van der Waals surface area contributed by atoms with Crippen LogP contribution >= 0.6 is 0 Å². The van der Waals surface area contributed by atoms with Crippen molar-refractivity contribution in [2.24, 2.45) is 5.41 Å². The number of rotatable bonds is 4. The van der Waals surface area contributed by atoms with E-state index in [0.717, 1.165) is 12.8 Å². The maximum Gasteiger partial charge on any atom is 0.329 e. The average molecular weight is 185 g/mol. The summed E-state index contributed by atoms with van der Waals surface area (Å²) in [5.41, 5.74) is -1.32. The molecule has 1 aliphatic carbocycles. The van der Waals surface area contributed by atoms with E-state index >= 15 is 0 Å². The highest BCUT2D eigenvalue weighted by Gasteiger charge is 2.59. The molecule has 1 atom stereocenters. The molecule has 0 bridgehead atoms. The van der Waals surface area contributed by atoms with Gasteiger partial charge in [-0.15, -0.1) is 0 Å². The van der Waals surface area contributed by atoms with E-state index in [2.05, 4.69) is 0 Å². The Balaban J connectivity index is 3.00. The van der Waals surface area contributed by atoms with Crippen molar-refractivity contribution < 1.29 is 14.7 Å². The van der Waals surface area contributed by atoms with Crippen molar-refractivity contribution >= 4 is 12.4 Å². The molecular weight excluding hydrogens is 170 g/mol. The van der Waals surface area contributed by atoms with E-state index < -0.39 is 11.5 Å². The Morgan fingerprint density at radius 2 is 2.08 bits per heavy atom. The van der Waals surface area contributed by atoms with E-state index in [-0.39, 0.29) is 5.41 Å². The topological polar surface area (TPSA) is 57.6 Å². The van der Waals surface area contributed by atoms with Crippen LogP contribution in [0.1, 0.15) is 26.7 Å². The van der Waals surface area contributed by atoms with Gasteiger partial charge in [0, 0.05) is 12.5 Å². The summed E-state index contributed by atoms with van der Waals surface area (Å²) in [5, 5.41) is 9.11. The van der Waals surface area contributed by atoms with Crippen LogP contribution in [-0.4, -0.2) is 35.0 Å². The van der Waals surface area contributed by atoms with Crippen molar-refractivity contribution in [2.75, 3.05) is 7.05 Å². The zero-order chi connectivity index (χ0) is 10.3. The predicted molar refractivity (Wildman–Crippen MR) is 47.2 cm³/mol.